The second-order valence-electron chi connectivity index (χ2n) is 6.35. The molecular formula is C20H21FN2O2S. The van der Waals surface area contributed by atoms with Gasteiger partial charge in [0.05, 0.1) is 11.4 Å². The molecule has 2 aromatic rings. The van der Waals surface area contributed by atoms with E-state index in [-0.39, 0.29) is 23.1 Å². The number of amides is 2. The molecule has 3 rings (SSSR count). The number of rotatable bonds is 5. The van der Waals surface area contributed by atoms with Gasteiger partial charge < -0.3 is 10.6 Å². The number of benzene rings is 2. The Labute approximate surface area is 156 Å². The number of hydrogen-bond donors (Lipinski definition) is 2. The van der Waals surface area contributed by atoms with E-state index in [2.05, 4.69) is 10.6 Å². The highest BCUT2D eigenvalue weighted by Crippen LogP contribution is 2.38. The van der Waals surface area contributed by atoms with Crippen LogP contribution in [-0.4, -0.2) is 17.1 Å². The minimum Gasteiger partial charge on any atom is -0.324 e. The summed E-state index contributed by atoms with van der Waals surface area (Å²) in [5.74, 6) is -1.30. The molecule has 26 heavy (non-hydrogen) atoms. The van der Waals surface area contributed by atoms with E-state index >= 15 is 0 Å². The first-order valence-electron chi connectivity index (χ1n) is 8.67. The Morgan fingerprint density at radius 1 is 1.04 bits per heavy atom. The summed E-state index contributed by atoms with van der Waals surface area (Å²) < 4.78 is 13.8. The first-order chi connectivity index (χ1) is 12.5. The largest absolute Gasteiger partial charge is 0.324 e. The topological polar surface area (TPSA) is 58.2 Å². The molecule has 0 spiro atoms. The maximum atomic E-state index is 13.8. The summed E-state index contributed by atoms with van der Waals surface area (Å²) in [7, 11) is 0. The normalized spacial score (nSPS) is 14.2. The van der Waals surface area contributed by atoms with Crippen LogP contribution >= 0.6 is 11.8 Å². The lowest BCUT2D eigenvalue weighted by Gasteiger charge is -2.14. The van der Waals surface area contributed by atoms with E-state index < -0.39 is 5.82 Å². The Balaban J connectivity index is 1.76. The summed E-state index contributed by atoms with van der Waals surface area (Å²) in [6, 6.07) is 11.6. The van der Waals surface area contributed by atoms with Crippen LogP contribution in [0, 0.1) is 5.82 Å². The van der Waals surface area contributed by atoms with E-state index in [4.69, 9.17) is 0 Å². The molecule has 0 heterocycles. The predicted molar refractivity (Wildman–Crippen MR) is 103 cm³/mol. The first kappa shape index (κ1) is 18.5. The molecule has 0 aliphatic heterocycles. The van der Waals surface area contributed by atoms with E-state index in [1.54, 1.807) is 11.8 Å². The molecule has 2 aromatic carbocycles. The molecule has 1 aliphatic rings. The molecule has 0 saturated heterocycles. The molecule has 0 radical (unpaired) electrons. The second kappa shape index (κ2) is 8.36. The van der Waals surface area contributed by atoms with Crippen LogP contribution in [0.5, 0.6) is 0 Å². The van der Waals surface area contributed by atoms with Gasteiger partial charge in [0.1, 0.15) is 5.82 Å². The Morgan fingerprint density at radius 3 is 2.50 bits per heavy atom. The number of carbonyl (C=O) groups excluding carboxylic acids is 2. The quantitative estimate of drug-likeness (QED) is 0.770. The zero-order chi connectivity index (χ0) is 18.5. The van der Waals surface area contributed by atoms with Gasteiger partial charge in [-0.05, 0) is 43.2 Å². The number of hydrogen-bond acceptors (Lipinski definition) is 3. The molecule has 0 aromatic heterocycles. The van der Waals surface area contributed by atoms with E-state index in [1.807, 2.05) is 24.3 Å². The molecule has 0 bridgehead atoms. The highest BCUT2D eigenvalue weighted by molar-refractivity contribution is 8.00. The van der Waals surface area contributed by atoms with Gasteiger partial charge in [0.2, 0.25) is 5.91 Å². The standard InChI is InChI=1S/C20H21FN2O2S/c1-13(24)22-18-12-14(10-11-16(18)21)20(25)23-17-8-4-5-9-19(17)26-15-6-2-3-7-15/h4-5,8-12,15H,2-3,6-7H2,1H3,(H,22,24)(H,23,25). The first-order valence-corrected chi connectivity index (χ1v) is 9.55. The fourth-order valence-corrected chi connectivity index (χ4v) is 4.34. The van der Waals surface area contributed by atoms with Crippen molar-refractivity contribution in [2.45, 2.75) is 42.8 Å². The van der Waals surface area contributed by atoms with Crippen molar-refractivity contribution in [2.75, 3.05) is 10.6 Å². The average molecular weight is 372 g/mol. The van der Waals surface area contributed by atoms with Gasteiger partial charge in [-0.1, -0.05) is 25.0 Å². The van der Waals surface area contributed by atoms with Crippen molar-refractivity contribution in [2.24, 2.45) is 0 Å². The highest BCUT2D eigenvalue weighted by atomic mass is 32.2. The number of halogens is 1. The summed E-state index contributed by atoms with van der Waals surface area (Å²) in [6.45, 7) is 1.29. The van der Waals surface area contributed by atoms with Crippen molar-refractivity contribution in [1.29, 1.82) is 0 Å². The van der Waals surface area contributed by atoms with Gasteiger partial charge in [0, 0.05) is 22.6 Å². The van der Waals surface area contributed by atoms with Crippen LogP contribution in [0.1, 0.15) is 43.0 Å². The Hall–Kier alpha value is -2.34. The van der Waals surface area contributed by atoms with Gasteiger partial charge in [-0.15, -0.1) is 11.8 Å². The summed E-state index contributed by atoms with van der Waals surface area (Å²) in [5, 5.41) is 5.89. The SMILES string of the molecule is CC(=O)Nc1cc(C(=O)Nc2ccccc2SC2CCCC2)ccc1F. The molecule has 4 nitrogen and oxygen atoms in total. The minimum atomic E-state index is -0.575. The predicted octanol–water partition coefficient (Wildman–Crippen LogP) is 5.07. The van der Waals surface area contributed by atoms with E-state index in [0.717, 1.165) is 10.6 Å². The fourth-order valence-electron chi connectivity index (χ4n) is 3.00. The van der Waals surface area contributed by atoms with Crippen molar-refractivity contribution in [3.8, 4) is 0 Å². The maximum Gasteiger partial charge on any atom is 0.255 e. The lowest BCUT2D eigenvalue weighted by molar-refractivity contribution is -0.114. The van der Waals surface area contributed by atoms with Gasteiger partial charge in [0.25, 0.3) is 5.91 Å². The van der Waals surface area contributed by atoms with Crippen LogP contribution in [0.15, 0.2) is 47.4 Å². The molecular weight excluding hydrogens is 351 g/mol. The number of nitrogens with one attached hydrogen (secondary N) is 2. The Kier molecular flexibility index (Phi) is 5.93. The van der Waals surface area contributed by atoms with Gasteiger partial charge in [-0.3, -0.25) is 9.59 Å². The zero-order valence-electron chi connectivity index (χ0n) is 14.5. The van der Waals surface area contributed by atoms with Crippen molar-refractivity contribution < 1.29 is 14.0 Å². The van der Waals surface area contributed by atoms with Crippen LogP contribution < -0.4 is 10.6 Å². The summed E-state index contributed by atoms with van der Waals surface area (Å²) in [6.07, 6.45) is 4.91. The lowest BCUT2D eigenvalue weighted by Crippen LogP contribution is -2.14. The van der Waals surface area contributed by atoms with Crippen molar-refractivity contribution in [3.05, 3.63) is 53.8 Å². The van der Waals surface area contributed by atoms with E-state index in [0.29, 0.717) is 5.25 Å². The number of thioether (sulfide) groups is 1. The molecule has 1 aliphatic carbocycles. The zero-order valence-corrected chi connectivity index (χ0v) is 15.4. The van der Waals surface area contributed by atoms with Crippen LogP contribution in [0.4, 0.5) is 15.8 Å². The fraction of sp³-hybridized carbons (Fsp3) is 0.300. The summed E-state index contributed by atoms with van der Waals surface area (Å²) >= 11 is 1.80. The van der Waals surface area contributed by atoms with E-state index in [9.17, 15) is 14.0 Å². The summed E-state index contributed by atoms with van der Waals surface area (Å²) in [4.78, 5) is 24.8. The van der Waals surface area contributed by atoms with Crippen LogP contribution in [0.3, 0.4) is 0 Å². The lowest BCUT2D eigenvalue weighted by atomic mass is 10.1. The third-order valence-electron chi connectivity index (χ3n) is 4.27. The van der Waals surface area contributed by atoms with Gasteiger partial charge >= 0.3 is 0 Å². The molecule has 1 saturated carbocycles. The van der Waals surface area contributed by atoms with Crippen LogP contribution in [0.25, 0.3) is 0 Å². The second-order valence-corrected chi connectivity index (χ2v) is 7.69. The molecule has 2 amide bonds. The molecule has 2 N–H and O–H groups in total. The molecule has 136 valence electrons. The van der Waals surface area contributed by atoms with Crippen molar-refractivity contribution in [3.63, 3.8) is 0 Å². The molecule has 0 unspecified atom stereocenters. The average Bonchev–Trinajstić information content (AvgIpc) is 3.11. The van der Waals surface area contributed by atoms with Gasteiger partial charge in [0.15, 0.2) is 0 Å². The molecule has 6 heteroatoms. The third-order valence-corrected chi connectivity index (χ3v) is 5.69. The number of anilines is 2. The van der Waals surface area contributed by atoms with Gasteiger partial charge in [-0.2, -0.15) is 0 Å². The Bertz CT molecular complexity index is 819. The summed E-state index contributed by atoms with van der Waals surface area (Å²) in [5.41, 5.74) is 1.04. The van der Waals surface area contributed by atoms with Crippen LogP contribution in [-0.2, 0) is 4.79 Å². The minimum absolute atomic E-state index is 0.00114. The number of para-hydroxylation sites is 1. The molecule has 1 fully saturated rings. The maximum absolute atomic E-state index is 13.8. The van der Waals surface area contributed by atoms with Crippen molar-refractivity contribution in [1.82, 2.24) is 0 Å². The molecule has 0 atom stereocenters. The smallest absolute Gasteiger partial charge is 0.255 e. The Morgan fingerprint density at radius 2 is 1.77 bits per heavy atom. The van der Waals surface area contributed by atoms with Crippen LogP contribution in [0.2, 0.25) is 0 Å². The van der Waals surface area contributed by atoms with E-state index in [1.165, 1.54) is 50.8 Å². The van der Waals surface area contributed by atoms with Gasteiger partial charge in [-0.25, -0.2) is 4.39 Å². The monoisotopic (exact) mass is 372 g/mol. The van der Waals surface area contributed by atoms with Crippen molar-refractivity contribution >= 4 is 35.0 Å². The third kappa shape index (κ3) is 4.64. The highest BCUT2D eigenvalue weighted by Gasteiger charge is 2.18. The number of carbonyl (C=O) groups is 2.